The Morgan fingerprint density at radius 2 is 1.67 bits per heavy atom. The number of alkyl halides is 3. The zero-order valence-corrected chi connectivity index (χ0v) is 24.7. The first-order valence-electron chi connectivity index (χ1n) is 13.5. The van der Waals surface area contributed by atoms with Gasteiger partial charge in [-0.2, -0.15) is 0 Å². The van der Waals surface area contributed by atoms with Gasteiger partial charge in [-0.25, -0.2) is 4.98 Å². The number of halogens is 3. The molecule has 0 bridgehead atoms. The number of thioether (sulfide) groups is 1. The summed E-state index contributed by atoms with van der Waals surface area (Å²) in [4.78, 5) is 20.7. The number of ether oxygens (including phenoxy) is 1. The number of hydrogen-bond acceptors (Lipinski definition) is 6. The third-order valence-corrected chi connectivity index (χ3v) is 7.52. The first-order valence-corrected chi connectivity index (χ1v) is 14.7. The van der Waals surface area contributed by atoms with E-state index in [4.69, 9.17) is 0 Å². The van der Waals surface area contributed by atoms with Gasteiger partial charge >= 0.3 is 6.36 Å². The molecule has 1 aromatic heterocycles. The smallest absolute Gasteiger partial charge is 0.406 e. The molecule has 0 fully saturated rings. The van der Waals surface area contributed by atoms with Crippen molar-refractivity contribution < 1.29 is 22.7 Å². The second-order valence-electron chi connectivity index (χ2n) is 9.61. The maximum Gasteiger partial charge on any atom is 0.573 e. The van der Waals surface area contributed by atoms with E-state index < -0.39 is 6.36 Å². The lowest BCUT2D eigenvalue weighted by Crippen LogP contribution is -2.22. The number of carbonyl (C=O) groups excluding carboxylic acids is 1. The highest BCUT2D eigenvalue weighted by Gasteiger charge is 2.31. The minimum Gasteiger partial charge on any atom is -0.406 e. The van der Waals surface area contributed by atoms with Crippen LogP contribution >= 0.6 is 11.8 Å². The molecule has 3 aromatic carbocycles. The van der Waals surface area contributed by atoms with Crippen molar-refractivity contribution in [3.8, 4) is 16.9 Å². The van der Waals surface area contributed by atoms with Crippen LogP contribution in [0.3, 0.4) is 0 Å². The quantitative estimate of drug-likeness (QED) is 0.170. The molecule has 0 saturated heterocycles. The fraction of sp³-hybridized carbons (Fsp3) is 0.250. The van der Waals surface area contributed by atoms with Gasteiger partial charge in [-0.05, 0) is 91.5 Å². The molecule has 220 valence electrons. The Morgan fingerprint density at radius 1 is 0.976 bits per heavy atom. The summed E-state index contributed by atoms with van der Waals surface area (Å²) in [5.74, 6) is 0.0690. The standard InChI is InChI=1S/C32H33F3N4O2S/c1-5-39(6-2)20-22-8-7-21(3)28(17-22)38-31(40)24-9-13-25(14-10-24)37-30-18-27(29(42-4)19-36-30)23-11-15-26(16-12-23)41-32(33,34)35/h7-19H,5-6,20H2,1-4H3,(H,36,37)(H,38,40). The average molecular weight is 595 g/mol. The van der Waals surface area contributed by atoms with Gasteiger partial charge in [-0.1, -0.05) is 38.1 Å². The fourth-order valence-corrected chi connectivity index (χ4v) is 4.95. The SMILES string of the molecule is CCN(CC)Cc1ccc(C)c(NC(=O)c2ccc(Nc3cc(-c4ccc(OC(F)(F)F)cc4)c(SC)cn3)cc2)c1. The molecule has 0 aliphatic carbocycles. The number of aromatic nitrogens is 1. The van der Waals surface area contributed by atoms with E-state index in [1.165, 1.54) is 23.9 Å². The Bertz CT molecular complexity index is 1510. The van der Waals surface area contributed by atoms with Crippen molar-refractivity contribution in [2.24, 2.45) is 0 Å². The van der Waals surface area contributed by atoms with E-state index >= 15 is 0 Å². The molecule has 6 nitrogen and oxygen atoms in total. The normalized spacial score (nSPS) is 11.4. The lowest BCUT2D eigenvalue weighted by molar-refractivity contribution is -0.274. The number of hydrogen-bond donors (Lipinski definition) is 2. The van der Waals surface area contributed by atoms with E-state index in [0.717, 1.165) is 58.2 Å². The van der Waals surface area contributed by atoms with Crippen LogP contribution in [0.25, 0.3) is 11.1 Å². The molecular weight excluding hydrogens is 561 g/mol. The lowest BCUT2D eigenvalue weighted by Gasteiger charge is -2.19. The highest BCUT2D eigenvalue weighted by molar-refractivity contribution is 7.98. The number of nitrogens with zero attached hydrogens (tertiary/aromatic N) is 2. The van der Waals surface area contributed by atoms with Crippen LogP contribution in [-0.2, 0) is 6.54 Å². The van der Waals surface area contributed by atoms with Gasteiger partial charge in [0.1, 0.15) is 11.6 Å². The molecule has 0 aliphatic rings. The summed E-state index contributed by atoms with van der Waals surface area (Å²) in [6.45, 7) is 8.97. The number of anilines is 3. The van der Waals surface area contributed by atoms with Crippen molar-refractivity contribution >= 4 is 34.9 Å². The largest absolute Gasteiger partial charge is 0.573 e. The molecule has 4 rings (SSSR count). The monoisotopic (exact) mass is 594 g/mol. The Kier molecular flexibility index (Phi) is 10.1. The topological polar surface area (TPSA) is 66.5 Å². The molecule has 0 radical (unpaired) electrons. The molecule has 1 heterocycles. The molecule has 10 heteroatoms. The summed E-state index contributed by atoms with van der Waals surface area (Å²) in [5.41, 5.74) is 5.70. The zero-order valence-electron chi connectivity index (χ0n) is 23.9. The highest BCUT2D eigenvalue weighted by atomic mass is 32.2. The van der Waals surface area contributed by atoms with E-state index in [0.29, 0.717) is 11.4 Å². The Hall–Kier alpha value is -4.02. The molecule has 0 spiro atoms. The van der Waals surface area contributed by atoms with Crippen LogP contribution in [0.15, 0.2) is 83.9 Å². The van der Waals surface area contributed by atoms with E-state index in [9.17, 15) is 18.0 Å². The van der Waals surface area contributed by atoms with E-state index in [1.54, 1.807) is 42.6 Å². The molecule has 0 aliphatic heterocycles. The number of nitrogens with one attached hydrogen (secondary N) is 2. The molecule has 4 aromatic rings. The summed E-state index contributed by atoms with van der Waals surface area (Å²) in [6, 6.07) is 20.8. The molecular formula is C32H33F3N4O2S. The van der Waals surface area contributed by atoms with Crippen LogP contribution in [0.1, 0.15) is 35.3 Å². The molecule has 0 saturated carbocycles. The fourth-order valence-electron chi connectivity index (χ4n) is 4.39. The van der Waals surface area contributed by atoms with E-state index in [-0.39, 0.29) is 11.7 Å². The molecule has 0 atom stereocenters. The van der Waals surface area contributed by atoms with Crippen LogP contribution in [0.2, 0.25) is 0 Å². The Balaban J connectivity index is 1.46. The van der Waals surface area contributed by atoms with Gasteiger partial charge in [-0.15, -0.1) is 24.9 Å². The summed E-state index contributed by atoms with van der Waals surface area (Å²) in [7, 11) is 0. The van der Waals surface area contributed by atoms with Crippen molar-refractivity contribution in [1.29, 1.82) is 0 Å². The predicted octanol–water partition coefficient (Wildman–Crippen LogP) is 8.52. The predicted molar refractivity (Wildman–Crippen MR) is 164 cm³/mol. The van der Waals surface area contributed by atoms with Gasteiger partial charge in [0.25, 0.3) is 5.91 Å². The summed E-state index contributed by atoms with van der Waals surface area (Å²) >= 11 is 1.48. The van der Waals surface area contributed by atoms with Gasteiger partial charge in [0.2, 0.25) is 0 Å². The first kappa shape index (κ1) is 30.9. The summed E-state index contributed by atoms with van der Waals surface area (Å²) in [6.07, 6.45) is -1.13. The van der Waals surface area contributed by atoms with Gasteiger partial charge in [0, 0.05) is 40.1 Å². The van der Waals surface area contributed by atoms with Crippen molar-refractivity contribution in [1.82, 2.24) is 9.88 Å². The Labute approximate surface area is 248 Å². The maximum absolute atomic E-state index is 13.0. The van der Waals surface area contributed by atoms with Crippen LogP contribution in [0.4, 0.5) is 30.4 Å². The lowest BCUT2D eigenvalue weighted by atomic mass is 10.1. The minimum absolute atomic E-state index is 0.202. The van der Waals surface area contributed by atoms with Crippen molar-refractivity contribution in [2.75, 3.05) is 30.0 Å². The molecule has 42 heavy (non-hydrogen) atoms. The minimum atomic E-state index is -4.74. The number of carbonyl (C=O) groups is 1. The van der Waals surface area contributed by atoms with Gasteiger partial charge in [0.05, 0.1) is 0 Å². The second kappa shape index (κ2) is 13.8. The van der Waals surface area contributed by atoms with Gasteiger partial charge in [-0.3, -0.25) is 9.69 Å². The average Bonchev–Trinajstić information content (AvgIpc) is 2.97. The number of rotatable bonds is 11. The van der Waals surface area contributed by atoms with Gasteiger partial charge in [0.15, 0.2) is 0 Å². The van der Waals surface area contributed by atoms with Crippen LogP contribution in [-0.4, -0.2) is 41.5 Å². The molecule has 2 N–H and O–H groups in total. The summed E-state index contributed by atoms with van der Waals surface area (Å²) < 4.78 is 41.6. The zero-order chi connectivity index (χ0) is 30.3. The van der Waals surface area contributed by atoms with Gasteiger partial charge < -0.3 is 15.4 Å². The number of benzene rings is 3. The van der Waals surface area contributed by atoms with E-state index in [1.807, 2.05) is 31.4 Å². The van der Waals surface area contributed by atoms with Crippen LogP contribution < -0.4 is 15.4 Å². The molecule has 1 amide bonds. The highest BCUT2D eigenvalue weighted by Crippen LogP contribution is 2.34. The summed E-state index contributed by atoms with van der Waals surface area (Å²) in [5, 5.41) is 6.28. The maximum atomic E-state index is 13.0. The van der Waals surface area contributed by atoms with Crippen LogP contribution in [0, 0.1) is 6.92 Å². The first-order chi connectivity index (χ1) is 20.1. The van der Waals surface area contributed by atoms with Crippen LogP contribution in [0.5, 0.6) is 5.75 Å². The third kappa shape index (κ3) is 8.27. The van der Waals surface area contributed by atoms with Crippen molar-refractivity contribution in [3.05, 3.63) is 95.7 Å². The van der Waals surface area contributed by atoms with Crippen molar-refractivity contribution in [2.45, 2.75) is 38.6 Å². The van der Waals surface area contributed by atoms with Crippen molar-refractivity contribution in [3.63, 3.8) is 0 Å². The number of aryl methyl sites for hydroxylation is 1. The molecule has 0 unspecified atom stereocenters. The van der Waals surface area contributed by atoms with E-state index in [2.05, 4.69) is 45.2 Å². The number of pyridine rings is 1. The second-order valence-corrected chi connectivity index (χ2v) is 10.5. The third-order valence-electron chi connectivity index (χ3n) is 6.76. The number of amides is 1. The Morgan fingerprint density at radius 3 is 2.29 bits per heavy atom.